The maximum atomic E-state index is 13.8. The second-order valence-electron chi connectivity index (χ2n) is 7.54. The SMILES string of the molecule is COc1cc(Cl)c(CC(C)C)cc1Cc1cc(F)ccc1CC(C)C. The van der Waals surface area contributed by atoms with Crippen LogP contribution < -0.4 is 4.74 Å². The number of benzene rings is 2. The lowest BCUT2D eigenvalue weighted by atomic mass is 9.92. The molecule has 0 atom stereocenters. The molecule has 0 heterocycles. The smallest absolute Gasteiger partial charge is 0.123 e. The Bertz CT molecular complexity index is 722. The molecule has 1 nitrogen and oxygen atoms in total. The van der Waals surface area contributed by atoms with Gasteiger partial charge in [-0.25, -0.2) is 4.39 Å². The highest BCUT2D eigenvalue weighted by Crippen LogP contribution is 2.31. The largest absolute Gasteiger partial charge is 0.496 e. The van der Waals surface area contributed by atoms with Crippen molar-refractivity contribution in [2.75, 3.05) is 7.11 Å². The number of hydrogen-bond donors (Lipinski definition) is 0. The number of methoxy groups -OCH3 is 1. The van der Waals surface area contributed by atoms with Crippen molar-refractivity contribution in [2.24, 2.45) is 11.8 Å². The monoisotopic (exact) mass is 362 g/mol. The molecule has 0 saturated carbocycles. The zero-order chi connectivity index (χ0) is 18.6. The molecule has 0 unspecified atom stereocenters. The molecule has 0 spiro atoms. The minimum Gasteiger partial charge on any atom is -0.496 e. The van der Waals surface area contributed by atoms with Gasteiger partial charge >= 0.3 is 0 Å². The van der Waals surface area contributed by atoms with E-state index in [0.29, 0.717) is 18.3 Å². The van der Waals surface area contributed by atoms with Crippen molar-refractivity contribution < 1.29 is 9.13 Å². The first-order valence-corrected chi connectivity index (χ1v) is 9.30. The van der Waals surface area contributed by atoms with Crippen molar-refractivity contribution >= 4 is 11.6 Å². The van der Waals surface area contributed by atoms with Crippen LogP contribution in [0.5, 0.6) is 5.75 Å². The van der Waals surface area contributed by atoms with E-state index in [1.54, 1.807) is 19.2 Å². The maximum absolute atomic E-state index is 13.8. The second-order valence-corrected chi connectivity index (χ2v) is 7.95. The molecule has 0 radical (unpaired) electrons. The highest BCUT2D eigenvalue weighted by Gasteiger charge is 2.14. The van der Waals surface area contributed by atoms with Crippen molar-refractivity contribution in [3.8, 4) is 5.75 Å². The number of ether oxygens (including phenoxy) is 1. The third kappa shape index (κ3) is 5.47. The van der Waals surface area contributed by atoms with Crippen LogP contribution in [-0.2, 0) is 19.3 Å². The average Bonchev–Trinajstić information content (AvgIpc) is 2.52. The summed E-state index contributed by atoms with van der Waals surface area (Å²) in [5, 5.41) is 0.732. The predicted molar refractivity (Wildman–Crippen MR) is 104 cm³/mol. The molecule has 0 saturated heterocycles. The first-order valence-electron chi connectivity index (χ1n) is 8.92. The molecule has 3 heteroatoms. The third-order valence-corrected chi connectivity index (χ3v) is 4.61. The summed E-state index contributed by atoms with van der Waals surface area (Å²) in [5.41, 5.74) is 4.39. The Morgan fingerprint density at radius 2 is 1.52 bits per heavy atom. The lowest BCUT2D eigenvalue weighted by Crippen LogP contribution is -2.04. The highest BCUT2D eigenvalue weighted by molar-refractivity contribution is 6.31. The molecule has 2 aromatic rings. The highest BCUT2D eigenvalue weighted by atomic mass is 35.5. The van der Waals surface area contributed by atoms with Crippen molar-refractivity contribution in [1.82, 2.24) is 0 Å². The standard InChI is InChI=1S/C22H28ClFO/c1-14(2)8-16-6-7-20(24)12-17(16)10-19-11-18(9-15(3)4)21(23)13-22(19)25-5/h6-7,11-15H,8-10H2,1-5H3. The van der Waals surface area contributed by atoms with Gasteiger partial charge < -0.3 is 4.74 Å². The normalized spacial score (nSPS) is 11.4. The van der Waals surface area contributed by atoms with Gasteiger partial charge in [0.15, 0.2) is 0 Å². The number of rotatable bonds is 7. The zero-order valence-electron chi connectivity index (χ0n) is 15.8. The summed E-state index contributed by atoms with van der Waals surface area (Å²) in [5.74, 6) is 1.60. The summed E-state index contributed by atoms with van der Waals surface area (Å²) < 4.78 is 19.4. The molecule has 2 aromatic carbocycles. The van der Waals surface area contributed by atoms with E-state index < -0.39 is 0 Å². The van der Waals surface area contributed by atoms with Gasteiger partial charge in [0.2, 0.25) is 0 Å². The van der Waals surface area contributed by atoms with Gasteiger partial charge in [-0.05, 0) is 65.1 Å². The summed E-state index contributed by atoms with van der Waals surface area (Å²) in [6.07, 6.45) is 2.49. The summed E-state index contributed by atoms with van der Waals surface area (Å²) in [6, 6.07) is 9.10. The van der Waals surface area contributed by atoms with Crippen LogP contribution in [-0.4, -0.2) is 7.11 Å². The van der Waals surface area contributed by atoms with Crippen LogP contribution >= 0.6 is 11.6 Å². The molecular formula is C22H28ClFO. The fraction of sp³-hybridized carbons (Fsp3) is 0.455. The van der Waals surface area contributed by atoms with Crippen LogP contribution in [0.25, 0.3) is 0 Å². The fourth-order valence-electron chi connectivity index (χ4n) is 3.18. The molecule has 0 aliphatic heterocycles. The Morgan fingerprint density at radius 3 is 2.12 bits per heavy atom. The third-order valence-electron chi connectivity index (χ3n) is 4.25. The molecule has 2 rings (SSSR count). The van der Waals surface area contributed by atoms with E-state index in [2.05, 4.69) is 33.8 Å². The Kier molecular flexibility index (Phi) is 6.89. The lowest BCUT2D eigenvalue weighted by molar-refractivity contribution is 0.410. The Hall–Kier alpha value is -1.54. The Balaban J connectivity index is 2.43. The number of hydrogen-bond acceptors (Lipinski definition) is 1. The zero-order valence-corrected chi connectivity index (χ0v) is 16.6. The van der Waals surface area contributed by atoms with E-state index in [1.165, 1.54) is 5.56 Å². The van der Waals surface area contributed by atoms with Gasteiger partial charge in [-0.15, -0.1) is 0 Å². The van der Waals surface area contributed by atoms with Crippen LogP contribution in [0.15, 0.2) is 30.3 Å². The second kappa shape index (κ2) is 8.71. The summed E-state index contributed by atoms with van der Waals surface area (Å²) >= 11 is 6.41. The van der Waals surface area contributed by atoms with Gasteiger partial charge in [-0.2, -0.15) is 0 Å². The average molecular weight is 363 g/mol. The molecule has 0 bridgehead atoms. The van der Waals surface area contributed by atoms with Gasteiger partial charge in [-0.3, -0.25) is 0 Å². The van der Waals surface area contributed by atoms with Gasteiger partial charge in [0.1, 0.15) is 11.6 Å². The molecular weight excluding hydrogens is 335 g/mol. The van der Waals surface area contributed by atoms with Crippen molar-refractivity contribution in [1.29, 1.82) is 0 Å². The first kappa shape index (κ1) is 19.8. The maximum Gasteiger partial charge on any atom is 0.123 e. The summed E-state index contributed by atoms with van der Waals surface area (Å²) in [6.45, 7) is 8.70. The number of halogens is 2. The van der Waals surface area contributed by atoms with Gasteiger partial charge in [0.25, 0.3) is 0 Å². The van der Waals surface area contributed by atoms with Crippen molar-refractivity contribution in [2.45, 2.75) is 47.0 Å². The van der Waals surface area contributed by atoms with Crippen LogP contribution in [0.4, 0.5) is 4.39 Å². The van der Waals surface area contributed by atoms with Crippen LogP contribution in [0, 0.1) is 17.7 Å². The minimum absolute atomic E-state index is 0.196. The van der Waals surface area contributed by atoms with E-state index in [-0.39, 0.29) is 5.82 Å². The molecule has 136 valence electrons. The van der Waals surface area contributed by atoms with E-state index in [4.69, 9.17) is 16.3 Å². The van der Waals surface area contributed by atoms with Crippen LogP contribution in [0.3, 0.4) is 0 Å². The molecule has 0 aliphatic carbocycles. The minimum atomic E-state index is -0.196. The molecule has 0 N–H and O–H groups in total. The molecule has 25 heavy (non-hydrogen) atoms. The quantitative estimate of drug-likeness (QED) is 0.548. The van der Waals surface area contributed by atoms with Gasteiger partial charge in [0, 0.05) is 11.4 Å². The predicted octanol–water partition coefficient (Wildman–Crippen LogP) is 6.48. The fourth-order valence-corrected chi connectivity index (χ4v) is 3.41. The Labute approximate surface area is 156 Å². The van der Waals surface area contributed by atoms with E-state index in [9.17, 15) is 4.39 Å². The van der Waals surface area contributed by atoms with Crippen LogP contribution in [0.1, 0.15) is 49.9 Å². The topological polar surface area (TPSA) is 9.23 Å². The van der Waals surface area contributed by atoms with Gasteiger partial charge in [0.05, 0.1) is 7.11 Å². The van der Waals surface area contributed by atoms with E-state index in [0.717, 1.165) is 40.3 Å². The Morgan fingerprint density at radius 1 is 0.880 bits per heavy atom. The van der Waals surface area contributed by atoms with E-state index >= 15 is 0 Å². The molecule has 0 amide bonds. The molecule has 0 fully saturated rings. The lowest BCUT2D eigenvalue weighted by Gasteiger charge is -2.17. The van der Waals surface area contributed by atoms with E-state index in [1.807, 2.05) is 12.1 Å². The van der Waals surface area contributed by atoms with Crippen LogP contribution in [0.2, 0.25) is 5.02 Å². The summed E-state index contributed by atoms with van der Waals surface area (Å²) in [7, 11) is 1.65. The van der Waals surface area contributed by atoms with Crippen molar-refractivity contribution in [3.63, 3.8) is 0 Å². The first-order chi connectivity index (χ1) is 11.8. The molecule has 0 aromatic heterocycles. The van der Waals surface area contributed by atoms with Gasteiger partial charge in [-0.1, -0.05) is 51.4 Å². The summed E-state index contributed by atoms with van der Waals surface area (Å²) in [4.78, 5) is 0. The molecule has 0 aliphatic rings. The van der Waals surface area contributed by atoms with Crippen molar-refractivity contribution in [3.05, 3.63) is 63.4 Å².